The third kappa shape index (κ3) is 2.03. The number of rotatable bonds is 2. The number of nitrogens with one attached hydrogen (secondary N) is 1. The van der Waals surface area contributed by atoms with Gasteiger partial charge >= 0.3 is 5.97 Å². The maximum atomic E-state index is 12.3. The molecule has 0 saturated heterocycles. The van der Waals surface area contributed by atoms with Crippen LogP contribution in [-0.4, -0.2) is 43.3 Å². The number of carboxylic acid groups (broad SMARTS) is 1. The van der Waals surface area contributed by atoms with Crippen LogP contribution in [0.3, 0.4) is 0 Å². The van der Waals surface area contributed by atoms with Crippen LogP contribution < -0.4 is 0 Å². The smallest absolute Gasteiger partial charge is 0.326 e. The van der Waals surface area contributed by atoms with Crippen LogP contribution in [-0.2, 0) is 17.8 Å². The summed E-state index contributed by atoms with van der Waals surface area (Å²) in [5, 5.41) is 19.0. The number of benzene rings is 1. The van der Waals surface area contributed by atoms with Crippen molar-refractivity contribution in [3.05, 3.63) is 47.3 Å². The summed E-state index contributed by atoms with van der Waals surface area (Å²) in [6.07, 6.45) is 1.59. The van der Waals surface area contributed by atoms with Gasteiger partial charge in [-0.15, -0.1) is 0 Å². The zero-order valence-corrected chi connectivity index (χ0v) is 10.5. The van der Waals surface area contributed by atoms with E-state index in [2.05, 4.69) is 15.4 Å². The first-order valence-electron chi connectivity index (χ1n) is 6.13. The number of carbonyl (C=O) groups is 2. The van der Waals surface area contributed by atoms with Gasteiger partial charge in [0.25, 0.3) is 5.91 Å². The Labute approximate surface area is 114 Å². The van der Waals surface area contributed by atoms with Crippen molar-refractivity contribution < 1.29 is 14.7 Å². The standard InChI is InChI=1S/C13H12N4O3/c18-12(10-6-14-16-15-10)17-7-9-4-2-1-3-8(9)5-11(17)13(19)20/h1-4,6,11H,5,7H2,(H,19,20)(H,14,15,16)/t11-/m0/s1. The summed E-state index contributed by atoms with van der Waals surface area (Å²) >= 11 is 0. The van der Waals surface area contributed by atoms with Gasteiger partial charge in [0.2, 0.25) is 0 Å². The first-order chi connectivity index (χ1) is 9.66. The lowest BCUT2D eigenvalue weighted by molar-refractivity contribution is -0.142. The zero-order chi connectivity index (χ0) is 14.1. The Bertz CT molecular complexity index is 653. The maximum Gasteiger partial charge on any atom is 0.326 e. The second-order valence-electron chi connectivity index (χ2n) is 4.62. The number of carboxylic acids is 1. The molecule has 7 nitrogen and oxygen atoms in total. The van der Waals surface area contributed by atoms with E-state index in [0.717, 1.165) is 11.1 Å². The van der Waals surface area contributed by atoms with Gasteiger partial charge in [-0.1, -0.05) is 24.3 Å². The molecule has 0 spiro atoms. The minimum atomic E-state index is -1.02. The quantitative estimate of drug-likeness (QED) is 0.827. The molecule has 3 rings (SSSR count). The van der Waals surface area contributed by atoms with Gasteiger partial charge in [0.05, 0.1) is 6.20 Å². The molecular weight excluding hydrogens is 260 g/mol. The van der Waals surface area contributed by atoms with Crippen molar-refractivity contribution in [1.29, 1.82) is 0 Å². The van der Waals surface area contributed by atoms with Gasteiger partial charge in [-0.25, -0.2) is 4.79 Å². The Morgan fingerprint density at radius 1 is 1.30 bits per heavy atom. The average molecular weight is 272 g/mol. The number of amides is 1. The number of hydrogen-bond acceptors (Lipinski definition) is 4. The largest absolute Gasteiger partial charge is 0.480 e. The van der Waals surface area contributed by atoms with Gasteiger partial charge in [-0.2, -0.15) is 15.4 Å². The predicted molar refractivity (Wildman–Crippen MR) is 67.8 cm³/mol. The topological polar surface area (TPSA) is 99.2 Å². The Kier molecular flexibility index (Phi) is 2.94. The highest BCUT2D eigenvalue weighted by molar-refractivity contribution is 5.95. The summed E-state index contributed by atoms with van der Waals surface area (Å²) < 4.78 is 0. The molecule has 0 aliphatic carbocycles. The summed E-state index contributed by atoms with van der Waals surface area (Å²) in [5.74, 6) is -1.45. The summed E-state index contributed by atoms with van der Waals surface area (Å²) in [6.45, 7) is 0.263. The van der Waals surface area contributed by atoms with Crippen LogP contribution in [0, 0.1) is 0 Å². The Balaban J connectivity index is 1.96. The number of carbonyl (C=O) groups excluding carboxylic acids is 1. The summed E-state index contributed by atoms with van der Waals surface area (Å²) in [6, 6.07) is 6.65. The highest BCUT2D eigenvalue weighted by atomic mass is 16.4. The molecule has 1 aliphatic rings. The Morgan fingerprint density at radius 2 is 2.05 bits per heavy atom. The molecule has 20 heavy (non-hydrogen) atoms. The molecule has 2 aromatic rings. The van der Waals surface area contributed by atoms with E-state index in [1.165, 1.54) is 11.1 Å². The lowest BCUT2D eigenvalue weighted by Gasteiger charge is -2.33. The maximum absolute atomic E-state index is 12.3. The molecule has 1 aromatic carbocycles. The van der Waals surface area contributed by atoms with Crippen molar-refractivity contribution in [2.75, 3.05) is 0 Å². The highest BCUT2D eigenvalue weighted by Gasteiger charge is 2.35. The van der Waals surface area contributed by atoms with E-state index in [9.17, 15) is 14.7 Å². The number of aromatic amines is 1. The normalized spacial score (nSPS) is 17.6. The van der Waals surface area contributed by atoms with Crippen molar-refractivity contribution in [1.82, 2.24) is 20.3 Å². The van der Waals surface area contributed by atoms with E-state index >= 15 is 0 Å². The Hall–Kier alpha value is -2.70. The monoisotopic (exact) mass is 272 g/mol. The van der Waals surface area contributed by atoms with E-state index in [-0.39, 0.29) is 12.2 Å². The molecule has 1 atom stereocenters. The van der Waals surface area contributed by atoms with Gasteiger partial charge in [0.1, 0.15) is 6.04 Å². The fraction of sp³-hybridized carbons (Fsp3) is 0.231. The molecule has 0 bridgehead atoms. The first-order valence-corrected chi connectivity index (χ1v) is 6.13. The third-order valence-electron chi connectivity index (χ3n) is 3.43. The number of fused-ring (bicyclic) bond motifs is 1. The second kappa shape index (κ2) is 4.76. The summed E-state index contributed by atoms with van der Waals surface area (Å²) in [7, 11) is 0. The lowest BCUT2D eigenvalue weighted by atomic mass is 9.94. The first kappa shape index (κ1) is 12.3. The van der Waals surface area contributed by atoms with E-state index in [1.807, 2.05) is 24.3 Å². The van der Waals surface area contributed by atoms with Crippen molar-refractivity contribution in [3.8, 4) is 0 Å². The minimum Gasteiger partial charge on any atom is -0.480 e. The van der Waals surface area contributed by atoms with Crippen molar-refractivity contribution >= 4 is 11.9 Å². The molecule has 102 valence electrons. The van der Waals surface area contributed by atoms with Crippen LogP contribution in [0.1, 0.15) is 21.6 Å². The molecule has 1 aliphatic heterocycles. The van der Waals surface area contributed by atoms with E-state index in [4.69, 9.17) is 0 Å². The van der Waals surface area contributed by atoms with Crippen LogP contribution >= 0.6 is 0 Å². The molecule has 2 N–H and O–H groups in total. The molecule has 2 heterocycles. The van der Waals surface area contributed by atoms with Crippen molar-refractivity contribution in [2.24, 2.45) is 0 Å². The van der Waals surface area contributed by atoms with E-state index in [1.54, 1.807) is 0 Å². The number of H-pyrrole nitrogens is 1. The van der Waals surface area contributed by atoms with Gasteiger partial charge in [-0.3, -0.25) is 4.79 Å². The summed E-state index contributed by atoms with van der Waals surface area (Å²) in [5.41, 5.74) is 2.04. The third-order valence-corrected chi connectivity index (χ3v) is 3.43. The highest BCUT2D eigenvalue weighted by Crippen LogP contribution is 2.24. The molecule has 0 fully saturated rings. The fourth-order valence-electron chi connectivity index (χ4n) is 2.41. The number of aliphatic carboxylic acids is 1. The van der Waals surface area contributed by atoms with Gasteiger partial charge in [-0.05, 0) is 11.1 Å². The second-order valence-corrected chi connectivity index (χ2v) is 4.62. The van der Waals surface area contributed by atoms with Crippen LogP contribution in [0.2, 0.25) is 0 Å². The lowest BCUT2D eigenvalue weighted by Crippen LogP contribution is -2.48. The molecule has 0 saturated carbocycles. The van der Waals surface area contributed by atoms with E-state index < -0.39 is 17.9 Å². The van der Waals surface area contributed by atoms with Crippen LogP contribution in [0.5, 0.6) is 0 Å². The van der Waals surface area contributed by atoms with Crippen molar-refractivity contribution in [2.45, 2.75) is 19.0 Å². The molecule has 0 unspecified atom stereocenters. The number of nitrogens with zero attached hydrogens (tertiary/aromatic N) is 3. The van der Waals surface area contributed by atoms with Gasteiger partial charge < -0.3 is 10.0 Å². The predicted octanol–water partition coefficient (Wildman–Crippen LogP) is 0.456. The molecule has 1 aromatic heterocycles. The van der Waals surface area contributed by atoms with Gasteiger partial charge in [0, 0.05) is 13.0 Å². The minimum absolute atomic E-state index is 0.121. The van der Waals surface area contributed by atoms with Crippen LogP contribution in [0.15, 0.2) is 30.5 Å². The Morgan fingerprint density at radius 3 is 2.70 bits per heavy atom. The molecular formula is C13H12N4O3. The van der Waals surface area contributed by atoms with Crippen molar-refractivity contribution in [3.63, 3.8) is 0 Å². The van der Waals surface area contributed by atoms with E-state index in [0.29, 0.717) is 6.42 Å². The van der Waals surface area contributed by atoms with Gasteiger partial charge in [0.15, 0.2) is 5.69 Å². The molecule has 1 amide bonds. The molecule has 0 radical (unpaired) electrons. The van der Waals surface area contributed by atoms with Crippen LogP contribution in [0.25, 0.3) is 0 Å². The average Bonchev–Trinajstić information content (AvgIpc) is 2.99. The fourth-order valence-corrected chi connectivity index (χ4v) is 2.41. The van der Waals surface area contributed by atoms with Crippen LogP contribution in [0.4, 0.5) is 0 Å². The SMILES string of the molecule is O=C(O)[C@@H]1Cc2ccccc2CN1C(=O)c1cn[nH]n1. The summed E-state index contributed by atoms with van der Waals surface area (Å²) in [4.78, 5) is 25.1. The molecule has 7 heteroatoms. The zero-order valence-electron chi connectivity index (χ0n) is 10.5. The number of hydrogen-bond donors (Lipinski definition) is 2. The number of aromatic nitrogens is 3.